The smallest absolute Gasteiger partial charge is 0.321 e. The van der Waals surface area contributed by atoms with Crippen molar-refractivity contribution < 1.29 is 18.3 Å². The van der Waals surface area contributed by atoms with Crippen molar-refractivity contribution in [3.63, 3.8) is 0 Å². The van der Waals surface area contributed by atoms with Crippen LogP contribution in [-0.4, -0.2) is 37.5 Å². The lowest BCUT2D eigenvalue weighted by atomic mass is 10.1. The zero-order valence-electron chi connectivity index (χ0n) is 12.6. The first-order valence-electron chi connectivity index (χ1n) is 6.51. The minimum absolute atomic E-state index is 0.170. The number of nitrogens with one attached hydrogen (secondary N) is 1. The van der Waals surface area contributed by atoms with E-state index >= 15 is 0 Å². The average Bonchev–Trinajstić information content (AvgIpc) is 2.32. The molecule has 0 aliphatic heterocycles. The molecule has 5 nitrogen and oxygen atoms in total. The average molecular weight is 331 g/mol. The first-order chi connectivity index (χ1) is 9.69. The van der Waals surface area contributed by atoms with Gasteiger partial charge in [0.05, 0.1) is 4.90 Å². The van der Waals surface area contributed by atoms with Gasteiger partial charge in [0.25, 0.3) is 0 Å². The third-order valence-electron chi connectivity index (χ3n) is 3.08. The number of aliphatic carboxylic acids is 1. The molecule has 1 aromatic carbocycles. The Morgan fingerprint density at radius 1 is 1.29 bits per heavy atom. The van der Waals surface area contributed by atoms with Crippen molar-refractivity contribution in [1.29, 1.82) is 0 Å². The van der Waals surface area contributed by atoms with Crippen molar-refractivity contribution in [1.82, 2.24) is 4.72 Å². The number of sulfonamides is 1. The van der Waals surface area contributed by atoms with E-state index < -0.39 is 22.0 Å². The molecule has 0 aromatic heterocycles. The molecule has 0 heterocycles. The van der Waals surface area contributed by atoms with Gasteiger partial charge in [0.15, 0.2) is 0 Å². The summed E-state index contributed by atoms with van der Waals surface area (Å²) in [4.78, 5) is 11.4. The van der Waals surface area contributed by atoms with Gasteiger partial charge in [-0.2, -0.15) is 16.5 Å². The summed E-state index contributed by atoms with van der Waals surface area (Å²) < 4.78 is 27.3. The van der Waals surface area contributed by atoms with Crippen LogP contribution in [0.3, 0.4) is 0 Å². The molecule has 7 heteroatoms. The van der Waals surface area contributed by atoms with E-state index in [1.807, 2.05) is 13.2 Å². The van der Waals surface area contributed by atoms with Crippen LogP contribution in [0.2, 0.25) is 0 Å². The Bertz CT molecular complexity index is 603. The van der Waals surface area contributed by atoms with Gasteiger partial charge in [-0.3, -0.25) is 4.79 Å². The molecule has 1 rings (SSSR count). The Morgan fingerprint density at radius 2 is 1.81 bits per heavy atom. The van der Waals surface area contributed by atoms with Crippen LogP contribution in [-0.2, 0) is 14.8 Å². The number of aryl methyl sites for hydroxylation is 3. The molecule has 0 aliphatic carbocycles. The molecule has 0 radical (unpaired) electrons. The first-order valence-corrected chi connectivity index (χ1v) is 9.38. The molecule has 118 valence electrons. The summed E-state index contributed by atoms with van der Waals surface area (Å²) in [5.41, 5.74) is 2.21. The van der Waals surface area contributed by atoms with Crippen LogP contribution in [0.1, 0.15) is 23.1 Å². The zero-order valence-corrected chi connectivity index (χ0v) is 14.3. The van der Waals surface area contributed by atoms with E-state index in [4.69, 9.17) is 5.11 Å². The van der Waals surface area contributed by atoms with Crippen LogP contribution in [0.15, 0.2) is 17.0 Å². The number of thioether (sulfide) groups is 1. The fraction of sp³-hybridized carbons (Fsp3) is 0.500. The molecule has 21 heavy (non-hydrogen) atoms. The number of hydrogen-bond donors (Lipinski definition) is 2. The Kier molecular flexibility index (Phi) is 6.24. The van der Waals surface area contributed by atoms with Gasteiger partial charge >= 0.3 is 5.97 Å². The summed E-state index contributed by atoms with van der Waals surface area (Å²) >= 11 is 1.48. The van der Waals surface area contributed by atoms with Gasteiger partial charge in [0, 0.05) is 0 Å². The van der Waals surface area contributed by atoms with Crippen LogP contribution >= 0.6 is 11.8 Å². The highest BCUT2D eigenvalue weighted by Gasteiger charge is 2.27. The molecule has 0 saturated heterocycles. The molecule has 1 atom stereocenters. The van der Waals surface area contributed by atoms with Crippen LogP contribution in [0.25, 0.3) is 0 Å². The van der Waals surface area contributed by atoms with Gasteiger partial charge in [-0.05, 0) is 50.3 Å². The minimum atomic E-state index is -3.85. The van der Waals surface area contributed by atoms with E-state index in [1.165, 1.54) is 11.8 Å². The van der Waals surface area contributed by atoms with Crippen LogP contribution in [0.5, 0.6) is 0 Å². The lowest BCUT2D eigenvalue weighted by Gasteiger charge is -2.17. The Hall–Kier alpha value is -1.05. The Balaban J connectivity index is 3.14. The number of carboxylic acid groups (broad SMARTS) is 1. The lowest BCUT2D eigenvalue weighted by molar-refractivity contribution is -0.139. The highest BCUT2D eigenvalue weighted by Crippen LogP contribution is 2.22. The first kappa shape index (κ1) is 18.0. The van der Waals surface area contributed by atoms with Gasteiger partial charge in [0.2, 0.25) is 10.0 Å². The number of rotatable bonds is 7. The quantitative estimate of drug-likeness (QED) is 0.799. The molecular formula is C14H21NO4S2. The standard InChI is InChI=1S/C14H21NO4S2/c1-9-7-10(2)13(11(3)8-9)21(18,19)15-12(14(16)17)5-6-20-4/h7-8,12,15H,5-6H2,1-4H3,(H,16,17)/t12-/m1/s1. The highest BCUT2D eigenvalue weighted by molar-refractivity contribution is 7.98. The maximum absolute atomic E-state index is 12.5. The molecule has 1 aromatic rings. The number of hydrogen-bond acceptors (Lipinski definition) is 4. The predicted octanol–water partition coefficient (Wildman–Crippen LogP) is 2.10. The Labute approximate surface area is 130 Å². The SMILES string of the molecule is CSCC[C@@H](NS(=O)(=O)c1c(C)cc(C)cc1C)C(=O)O. The molecule has 0 fully saturated rings. The van der Waals surface area contributed by atoms with Gasteiger partial charge in [0.1, 0.15) is 6.04 Å². The zero-order chi connectivity index (χ0) is 16.2. The summed E-state index contributed by atoms with van der Waals surface area (Å²) in [5.74, 6) is -0.583. The molecule has 0 amide bonds. The van der Waals surface area contributed by atoms with E-state index in [0.29, 0.717) is 16.9 Å². The van der Waals surface area contributed by atoms with Gasteiger partial charge in [-0.1, -0.05) is 17.7 Å². The fourth-order valence-electron chi connectivity index (χ4n) is 2.31. The number of carbonyl (C=O) groups is 1. The highest BCUT2D eigenvalue weighted by atomic mass is 32.2. The van der Waals surface area contributed by atoms with Crippen LogP contribution in [0.4, 0.5) is 0 Å². The summed E-state index contributed by atoms with van der Waals surface area (Å²) in [6.45, 7) is 5.32. The number of benzene rings is 1. The van der Waals surface area contributed by atoms with E-state index in [1.54, 1.807) is 26.0 Å². The largest absolute Gasteiger partial charge is 0.480 e. The third kappa shape index (κ3) is 4.72. The van der Waals surface area contributed by atoms with Crippen molar-refractivity contribution in [2.24, 2.45) is 0 Å². The number of carboxylic acids is 1. The van der Waals surface area contributed by atoms with Crippen LogP contribution in [0, 0.1) is 20.8 Å². The third-order valence-corrected chi connectivity index (χ3v) is 5.50. The molecule has 0 aliphatic rings. The normalized spacial score (nSPS) is 13.1. The Morgan fingerprint density at radius 3 is 2.24 bits per heavy atom. The van der Waals surface area contributed by atoms with Crippen molar-refractivity contribution in [2.45, 2.75) is 38.1 Å². The minimum Gasteiger partial charge on any atom is -0.480 e. The van der Waals surface area contributed by atoms with E-state index in [0.717, 1.165) is 5.56 Å². The lowest BCUT2D eigenvalue weighted by Crippen LogP contribution is -2.41. The van der Waals surface area contributed by atoms with Gasteiger partial charge in [-0.25, -0.2) is 8.42 Å². The summed E-state index contributed by atoms with van der Waals surface area (Å²) in [6, 6.07) is 2.45. The van der Waals surface area contributed by atoms with E-state index in [2.05, 4.69) is 4.72 Å². The van der Waals surface area contributed by atoms with Crippen molar-refractivity contribution in [3.05, 3.63) is 28.8 Å². The summed E-state index contributed by atoms with van der Waals surface area (Å²) in [6.07, 6.45) is 2.10. The van der Waals surface area contributed by atoms with E-state index in [9.17, 15) is 13.2 Å². The predicted molar refractivity (Wildman–Crippen MR) is 85.4 cm³/mol. The van der Waals surface area contributed by atoms with E-state index in [-0.39, 0.29) is 11.3 Å². The summed E-state index contributed by atoms with van der Waals surface area (Å²) in [7, 11) is -3.85. The molecule has 0 saturated carbocycles. The molecule has 2 N–H and O–H groups in total. The maximum Gasteiger partial charge on any atom is 0.321 e. The van der Waals surface area contributed by atoms with Gasteiger partial charge in [-0.15, -0.1) is 0 Å². The second-order valence-electron chi connectivity index (χ2n) is 5.02. The van der Waals surface area contributed by atoms with Crippen molar-refractivity contribution in [3.8, 4) is 0 Å². The summed E-state index contributed by atoms with van der Waals surface area (Å²) in [5, 5.41) is 9.16. The molecule has 0 unspecified atom stereocenters. The topological polar surface area (TPSA) is 83.5 Å². The monoisotopic (exact) mass is 331 g/mol. The second kappa shape index (κ2) is 7.29. The van der Waals surface area contributed by atoms with Crippen molar-refractivity contribution >= 4 is 27.8 Å². The van der Waals surface area contributed by atoms with Crippen LogP contribution < -0.4 is 4.72 Å². The van der Waals surface area contributed by atoms with Gasteiger partial charge < -0.3 is 5.11 Å². The fourth-order valence-corrected chi connectivity index (χ4v) is 4.45. The molecular weight excluding hydrogens is 310 g/mol. The maximum atomic E-state index is 12.5. The molecule has 0 bridgehead atoms. The van der Waals surface area contributed by atoms with Crippen molar-refractivity contribution in [2.75, 3.05) is 12.0 Å². The second-order valence-corrected chi connectivity index (χ2v) is 7.66. The molecule has 0 spiro atoms.